The van der Waals surface area contributed by atoms with Crippen LogP contribution in [0.25, 0.3) is 11.0 Å². The van der Waals surface area contributed by atoms with Crippen molar-refractivity contribution in [3.05, 3.63) is 53.1 Å². The molecular formula is C22H26ClFN4O3S. The summed E-state index contributed by atoms with van der Waals surface area (Å²) < 4.78 is 42.9. The molecule has 0 bridgehead atoms. The maximum Gasteiger partial charge on any atom is 0.243 e. The summed E-state index contributed by atoms with van der Waals surface area (Å²) >= 11 is 5.74. The molecule has 0 aliphatic carbocycles. The molecule has 1 heterocycles. The lowest BCUT2D eigenvalue weighted by Gasteiger charge is -2.18. The number of sulfonamides is 1. The molecule has 3 rings (SSSR count). The van der Waals surface area contributed by atoms with Crippen molar-refractivity contribution in [1.29, 1.82) is 0 Å². The highest BCUT2D eigenvalue weighted by Gasteiger charge is 2.23. The number of nitrogens with zero attached hydrogens (tertiary/aromatic N) is 3. The van der Waals surface area contributed by atoms with Crippen molar-refractivity contribution in [3.8, 4) is 0 Å². The molecule has 1 aromatic heterocycles. The van der Waals surface area contributed by atoms with E-state index in [1.165, 1.54) is 16.4 Å². The normalized spacial score (nSPS) is 11.9. The zero-order valence-corrected chi connectivity index (χ0v) is 19.8. The van der Waals surface area contributed by atoms with Crippen LogP contribution in [0.1, 0.15) is 33.0 Å². The van der Waals surface area contributed by atoms with E-state index in [-0.39, 0.29) is 27.9 Å². The van der Waals surface area contributed by atoms with Gasteiger partial charge in [-0.25, -0.2) is 17.8 Å². The van der Waals surface area contributed by atoms with Crippen LogP contribution >= 0.6 is 11.6 Å². The summed E-state index contributed by atoms with van der Waals surface area (Å²) in [6.07, 6.45) is 0.414. The second-order valence-electron chi connectivity index (χ2n) is 7.18. The highest BCUT2D eigenvalue weighted by molar-refractivity contribution is 7.89. The first-order valence-electron chi connectivity index (χ1n) is 10.4. The van der Waals surface area contributed by atoms with Gasteiger partial charge in [-0.2, -0.15) is 4.31 Å². The van der Waals surface area contributed by atoms with Gasteiger partial charge in [0.2, 0.25) is 15.9 Å². The zero-order chi connectivity index (χ0) is 23.5. The van der Waals surface area contributed by atoms with Crippen molar-refractivity contribution in [2.75, 3.05) is 18.4 Å². The van der Waals surface area contributed by atoms with Gasteiger partial charge in [0, 0.05) is 37.5 Å². The van der Waals surface area contributed by atoms with E-state index in [2.05, 4.69) is 10.3 Å². The molecule has 0 radical (unpaired) electrons. The molecule has 172 valence electrons. The number of aryl methyl sites for hydroxylation is 2. The molecule has 0 atom stereocenters. The van der Waals surface area contributed by atoms with Crippen LogP contribution in [0.4, 0.5) is 10.1 Å². The number of fused-ring (bicyclic) bond motifs is 1. The van der Waals surface area contributed by atoms with Gasteiger partial charge in [0.1, 0.15) is 11.6 Å². The molecule has 0 saturated carbocycles. The lowest BCUT2D eigenvalue weighted by atomic mass is 10.2. The summed E-state index contributed by atoms with van der Waals surface area (Å²) in [5, 5.41) is 2.79. The fraction of sp³-hybridized carbons (Fsp3) is 0.364. The van der Waals surface area contributed by atoms with E-state index < -0.39 is 15.8 Å². The third kappa shape index (κ3) is 4.95. The molecule has 7 nitrogen and oxygen atoms in total. The van der Waals surface area contributed by atoms with Crippen LogP contribution in [0.15, 0.2) is 41.3 Å². The Kier molecular flexibility index (Phi) is 7.53. The van der Waals surface area contributed by atoms with Gasteiger partial charge < -0.3 is 9.88 Å². The Morgan fingerprint density at radius 1 is 1.16 bits per heavy atom. The summed E-state index contributed by atoms with van der Waals surface area (Å²) in [6, 6.07) is 8.95. The van der Waals surface area contributed by atoms with E-state index >= 15 is 0 Å². The van der Waals surface area contributed by atoms with Crippen LogP contribution in [-0.2, 0) is 27.8 Å². The number of hydrogen-bond acceptors (Lipinski definition) is 4. The van der Waals surface area contributed by atoms with E-state index in [1.807, 2.05) is 11.5 Å². The summed E-state index contributed by atoms with van der Waals surface area (Å²) in [4.78, 5) is 17.1. The first kappa shape index (κ1) is 24.2. The fourth-order valence-corrected chi connectivity index (χ4v) is 5.24. The average Bonchev–Trinajstić information content (AvgIpc) is 3.11. The predicted octanol–water partition coefficient (Wildman–Crippen LogP) is 4.45. The smallest absolute Gasteiger partial charge is 0.243 e. The van der Waals surface area contributed by atoms with E-state index in [0.29, 0.717) is 37.4 Å². The second kappa shape index (κ2) is 9.97. The zero-order valence-electron chi connectivity index (χ0n) is 18.2. The molecule has 0 unspecified atom stereocenters. The molecule has 0 saturated heterocycles. The summed E-state index contributed by atoms with van der Waals surface area (Å²) in [5.74, 6) is -0.300. The molecular weight excluding hydrogens is 455 g/mol. The molecule has 0 aliphatic rings. The van der Waals surface area contributed by atoms with Crippen molar-refractivity contribution < 1.29 is 17.6 Å². The average molecular weight is 481 g/mol. The van der Waals surface area contributed by atoms with Crippen LogP contribution in [0, 0.1) is 5.82 Å². The lowest BCUT2D eigenvalue weighted by molar-refractivity contribution is -0.116. The minimum absolute atomic E-state index is 0.0645. The quantitative estimate of drug-likeness (QED) is 0.490. The predicted molar refractivity (Wildman–Crippen MR) is 124 cm³/mol. The summed E-state index contributed by atoms with van der Waals surface area (Å²) in [5.41, 5.74) is 1.42. The van der Waals surface area contributed by atoms with Crippen molar-refractivity contribution in [2.24, 2.45) is 0 Å². The Balaban J connectivity index is 1.81. The van der Waals surface area contributed by atoms with Crippen LogP contribution in [-0.4, -0.2) is 41.3 Å². The Morgan fingerprint density at radius 2 is 1.88 bits per heavy atom. The van der Waals surface area contributed by atoms with Gasteiger partial charge in [-0.1, -0.05) is 25.4 Å². The van der Waals surface area contributed by atoms with Crippen molar-refractivity contribution in [2.45, 2.75) is 45.1 Å². The van der Waals surface area contributed by atoms with Gasteiger partial charge in [0.25, 0.3) is 0 Å². The molecule has 32 heavy (non-hydrogen) atoms. The molecule has 10 heteroatoms. The fourth-order valence-electron chi connectivity index (χ4n) is 3.61. The molecule has 3 aromatic rings. The molecule has 0 aliphatic heterocycles. The van der Waals surface area contributed by atoms with E-state index in [1.54, 1.807) is 32.0 Å². The molecule has 2 aromatic carbocycles. The Bertz CT molecular complexity index is 1240. The van der Waals surface area contributed by atoms with Crippen LogP contribution in [0.3, 0.4) is 0 Å². The van der Waals surface area contributed by atoms with Crippen LogP contribution in [0.5, 0.6) is 0 Å². The third-order valence-corrected chi connectivity index (χ3v) is 7.52. The molecule has 1 N–H and O–H groups in total. The second-order valence-corrected chi connectivity index (χ2v) is 9.56. The van der Waals surface area contributed by atoms with E-state index in [9.17, 15) is 17.6 Å². The monoisotopic (exact) mass is 480 g/mol. The lowest BCUT2D eigenvalue weighted by Crippen LogP contribution is -2.30. The van der Waals surface area contributed by atoms with Crippen LogP contribution in [0.2, 0.25) is 5.02 Å². The van der Waals surface area contributed by atoms with E-state index in [0.717, 1.165) is 11.6 Å². The number of carbonyl (C=O) groups excluding carboxylic acids is 1. The Hall–Kier alpha value is -2.49. The Labute approximate surface area is 192 Å². The first-order chi connectivity index (χ1) is 15.2. The van der Waals surface area contributed by atoms with Crippen molar-refractivity contribution in [3.63, 3.8) is 0 Å². The highest BCUT2D eigenvalue weighted by atomic mass is 35.5. The van der Waals surface area contributed by atoms with Crippen molar-refractivity contribution >= 4 is 44.3 Å². The number of rotatable bonds is 9. The standard InChI is InChI=1S/C22H26ClFN4O3S/c1-4-27(5-2)32(30,31)16-8-10-20-19(14-16)25-21(28(20)6-3)11-12-22(29)26-18-9-7-15(23)13-17(18)24/h7-10,13-14H,4-6,11-12H2,1-3H3,(H,26,29). The van der Waals surface area contributed by atoms with Gasteiger partial charge in [-0.3, -0.25) is 4.79 Å². The molecule has 0 fully saturated rings. The number of amides is 1. The summed E-state index contributed by atoms with van der Waals surface area (Å²) in [6.45, 7) is 6.92. The minimum atomic E-state index is -3.60. The van der Waals surface area contributed by atoms with Crippen molar-refractivity contribution in [1.82, 2.24) is 13.9 Å². The first-order valence-corrected chi connectivity index (χ1v) is 12.3. The highest BCUT2D eigenvalue weighted by Crippen LogP contribution is 2.24. The number of aromatic nitrogens is 2. The Morgan fingerprint density at radius 3 is 2.50 bits per heavy atom. The third-order valence-electron chi connectivity index (χ3n) is 5.24. The maximum absolute atomic E-state index is 13.9. The van der Waals surface area contributed by atoms with Gasteiger partial charge in [0.15, 0.2) is 0 Å². The van der Waals surface area contributed by atoms with Gasteiger partial charge in [0.05, 0.1) is 21.6 Å². The number of imidazole rings is 1. The van der Waals surface area contributed by atoms with E-state index in [4.69, 9.17) is 11.6 Å². The van der Waals surface area contributed by atoms with Gasteiger partial charge in [-0.05, 0) is 43.3 Å². The number of anilines is 1. The number of benzene rings is 2. The van der Waals surface area contributed by atoms with Gasteiger partial charge in [-0.15, -0.1) is 0 Å². The molecule has 0 spiro atoms. The number of hydrogen-bond donors (Lipinski definition) is 1. The largest absolute Gasteiger partial charge is 0.328 e. The minimum Gasteiger partial charge on any atom is -0.328 e. The number of carbonyl (C=O) groups is 1. The topological polar surface area (TPSA) is 84.3 Å². The maximum atomic E-state index is 13.9. The van der Waals surface area contributed by atoms with Gasteiger partial charge >= 0.3 is 0 Å². The SMILES string of the molecule is CCN(CC)S(=O)(=O)c1ccc2c(c1)nc(CCC(=O)Nc1ccc(Cl)cc1F)n2CC. The number of halogens is 2. The summed E-state index contributed by atoms with van der Waals surface area (Å²) in [7, 11) is -3.60. The van der Waals surface area contributed by atoms with Crippen LogP contribution < -0.4 is 5.32 Å². The molecule has 1 amide bonds. The number of nitrogens with one attached hydrogen (secondary N) is 1.